The van der Waals surface area contributed by atoms with Gasteiger partial charge in [-0.05, 0) is 24.3 Å². The van der Waals surface area contributed by atoms with Gasteiger partial charge >= 0.3 is 5.69 Å². The molecule has 0 amide bonds. The van der Waals surface area contributed by atoms with E-state index in [2.05, 4.69) is 36.9 Å². The lowest BCUT2D eigenvalue weighted by Crippen LogP contribution is -1.92. The molecule has 7 heteroatoms. The molecule has 2 aromatic rings. The topological polar surface area (TPSA) is 75.7 Å². The molecule has 0 aliphatic rings. The van der Waals surface area contributed by atoms with Gasteiger partial charge in [0.05, 0.1) is 10.6 Å². The van der Waals surface area contributed by atoms with Crippen LogP contribution in [0.5, 0.6) is 5.75 Å². The van der Waals surface area contributed by atoms with Crippen LogP contribution in [0, 0.1) is 10.1 Å². The first-order valence-corrected chi connectivity index (χ1v) is 7.02. The minimum atomic E-state index is -0.642. The number of hydrogen-bond donors (Lipinski definition) is 1. The maximum absolute atomic E-state index is 10.8. The van der Waals surface area contributed by atoms with Gasteiger partial charge in [-0.25, -0.2) is 0 Å². The van der Waals surface area contributed by atoms with Crippen LogP contribution in [0.15, 0.2) is 50.3 Å². The summed E-state index contributed by atoms with van der Waals surface area (Å²) < 4.78 is 1.37. The number of aliphatic imine (C=N–C) groups is 1. The zero-order chi connectivity index (χ0) is 14.7. The third kappa shape index (κ3) is 3.43. The summed E-state index contributed by atoms with van der Waals surface area (Å²) in [6.07, 6.45) is 1.38. The summed E-state index contributed by atoms with van der Waals surface area (Å²) in [6.45, 7) is 0. The lowest BCUT2D eigenvalue weighted by atomic mass is 10.2. The second-order valence-electron chi connectivity index (χ2n) is 3.86. The Balaban J connectivity index is 2.41. The molecular formula is C13H8Br2N2O3. The first-order chi connectivity index (χ1) is 9.47. The monoisotopic (exact) mass is 398 g/mol. The van der Waals surface area contributed by atoms with Crippen molar-refractivity contribution >= 4 is 49.4 Å². The minimum Gasteiger partial charge on any atom is -0.502 e. The van der Waals surface area contributed by atoms with E-state index < -0.39 is 10.7 Å². The van der Waals surface area contributed by atoms with Crippen molar-refractivity contribution in [3.8, 4) is 5.75 Å². The molecule has 0 fully saturated rings. The van der Waals surface area contributed by atoms with Crippen LogP contribution in [-0.4, -0.2) is 16.2 Å². The van der Waals surface area contributed by atoms with Gasteiger partial charge in [-0.15, -0.1) is 0 Å². The third-order valence-electron chi connectivity index (χ3n) is 2.44. The van der Waals surface area contributed by atoms with E-state index in [1.165, 1.54) is 12.3 Å². The van der Waals surface area contributed by atoms with Crippen molar-refractivity contribution in [3.05, 3.63) is 61.0 Å². The van der Waals surface area contributed by atoms with E-state index in [9.17, 15) is 15.2 Å². The molecule has 20 heavy (non-hydrogen) atoms. The number of nitro groups is 1. The Hall–Kier alpha value is -1.73. The first kappa shape index (κ1) is 14.7. The summed E-state index contributed by atoms with van der Waals surface area (Å²) >= 11 is 6.49. The van der Waals surface area contributed by atoms with Crippen LogP contribution in [0.2, 0.25) is 0 Å². The summed E-state index contributed by atoms with van der Waals surface area (Å²) in [4.78, 5) is 14.4. The van der Waals surface area contributed by atoms with E-state index in [-0.39, 0.29) is 11.3 Å². The Morgan fingerprint density at radius 2 is 1.95 bits per heavy atom. The van der Waals surface area contributed by atoms with Crippen LogP contribution < -0.4 is 0 Å². The van der Waals surface area contributed by atoms with E-state index in [4.69, 9.17) is 0 Å². The van der Waals surface area contributed by atoms with Crippen molar-refractivity contribution in [1.82, 2.24) is 0 Å². The quantitative estimate of drug-likeness (QED) is 0.466. The van der Waals surface area contributed by atoms with E-state index >= 15 is 0 Å². The molecule has 0 unspecified atom stereocenters. The molecule has 0 aromatic heterocycles. The second kappa shape index (κ2) is 6.15. The molecular weight excluding hydrogens is 392 g/mol. The molecule has 5 nitrogen and oxygen atoms in total. The number of nitrogens with zero attached hydrogens (tertiary/aromatic N) is 2. The maximum atomic E-state index is 10.8. The number of phenolic OH excluding ortho intramolecular Hbond substituents is 1. The molecule has 2 rings (SSSR count). The molecule has 2 aromatic carbocycles. The smallest absolute Gasteiger partial charge is 0.312 e. The molecule has 0 radical (unpaired) electrons. The van der Waals surface area contributed by atoms with E-state index in [0.29, 0.717) is 10.2 Å². The highest BCUT2D eigenvalue weighted by molar-refractivity contribution is 9.10. The number of phenols is 1. The van der Waals surface area contributed by atoms with Gasteiger partial charge in [-0.2, -0.15) is 0 Å². The number of benzene rings is 2. The Kier molecular flexibility index (Phi) is 4.51. The number of rotatable bonds is 3. The summed E-state index contributed by atoms with van der Waals surface area (Å²) in [5.74, 6) is -0.406. The predicted octanol–water partition coefficient (Wildman–Crippen LogP) is 4.58. The Bertz CT molecular complexity index is 702. The van der Waals surface area contributed by atoms with Gasteiger partial charge in [0.1, 0.15) is 0 Å². The number of nitro benzene ring substituents is 1. The molecule has 0 saturated heterocycles. The fourth-order valence-electron chi connectivity index (χ4n) is 1.54. The molecule has 1 N–H and O–H groups in total. The summed E-state index contributed by atoms with van der Waals surface area (Å²) in [5, 5.41) is 20.7. The molecule has 0 saturated carbocycles. The maximum Gasteiger partial charge on any atom is 0.312 e. The molecule has 0 heterocycles. The minimum absolute atomic E-state index is 0.269. The normalized spacial score (nSPS) is 10.9. The van der Waals surface area contributed by atoms with Crippen molar-refractivity contribution in [2.24, 2.45) is 4.99 Å². The highest BCUT2D eigenvalue weighted by Crippen LogP contribution is 2.32. The lowest BCUT2D eigenvalue weighted by molar-refractivity contribution is -0.385. The zero-order valence-electron chi connectivity index (χ0n) is 9.96. The van der Waals surface area contributed by atoms with Gasteiger partial charge in [0.2, 0.25) is 5.75 Å². The van der Waals surface area contributed by atoms with E-state index in [1.807, 2.05) is 12.1 Å². The average Bonchev–Trinajstić information content (AvgIpc) is 2.39. The summed E-state index contributed by atoms with van der Waals surface area (Å²) in [5.41, 5.74) is 0.572. The van der Waals surface area contributed by atoms with Gasteiger partial charge in [-0.1, -0.05) is 37.9 Å². The Morgan fingerprint density at radius 3 is 2.60 bits per heavy atom. The van der Waals surface area contributed by atoms with Crippen LogP contribution in [0.3, 0.4) is 0 Å². The van der Waals surface area contributed by atoms with Crippen molar-refractivity contribution in [3.63, 3.8) is 0 Å². The van der Waals surface area contributed by atoms with Gasteiger partial charge in [0.25, 0.3) is 0 Å². The van der Waals surface area contributed by atoms with Gasteiger partial charge < -0.3 is 5.11 Å². The molecule has 0 atom stereocenters. The standard InChI is InChI=1S/C13H8Br2N2O3/c14-9-2-1-3-11(5-9)16-7-8-4-10(15)6-12(13(8)18)17(19)20/h1-7,18H. The van der Waals surface area contributed by atoms with Crippen LogP contribution >= 0.6 is 31.9 Å². The van der Waals surface area contributed by atoms with Gasteiger partial charge in [0.15, 0.2) is 0 Å². The zero-order valence-corrected chi connectivity index (χ0v) is 13.1. The third-order valence-corrected chi connectivity index (χ3v) is 3.39. The van der Waals surface area contributed by atoms with Crippen LogP contribution in [0.4, 0.5) is 11.4 Å². The highest BCUT2D eigenvalue weighted by atomic mass is 79.9. The molecule has 102 valence electrons. The average molecular weight is 400 g/mol. The van der Waals surface area contributed by atoms with Crippen LogP contribution in [0.1, 0.15) is 5.56 Å². The molecule has 0 bridgehead atoms. The highest BCUT2D eigenvalue weighted by Gasteiger charge is 2.17. The van der Waals surface area contributed by atoms with Crippen molar-refractivity contribution in [2.75, 3.05) is 0 Å². The van der Waals surface area contributed by atoms with E-state index in [1.54, 1.807) is 18.2 Å². The van der Waals surface area contributed by atoms with E-state index in [0.717, 1.165) is 4.47 Å². The van der Waals surface area contributed by atoms with Gasteiger partial charge in [-0.3, -0.25) is 15.1 Å². The molecule has 0 aliphatic heterocycles. The van der Waals surface area contributed by atoms with Crippen molar-refractivity contribution in [2.45, 2.75) is 0 Å². The molecule has 0 spiro atoms. The first-order valence-electron chi connectivity index (χ1n) is 5.44. The fourth-order valence-corrected chi connectivity index (χ4v) is 2.39. The fraction of sp³-hybridized carbons (Fsp3) is 0. The predicted molar refractivity (Wildman–Crippen MR) is 83.9 cm³/mol. The van der Waals surface area contributed by atoms with Gasteiger partial charge in [0, 0.05) is 26.8 Å². The Morgan fingerprint density at radius 1 is 1.20 bits per heavy atom. The van der Waals surface area contributed by atoms with Crippen LogP contribution in [-0.2, 0) is 0 Å². The molecule has 0 aliphatic carbocycles. The number of hydrogen-bond acceptors (Lipinski definition) is 4. The van der Waals surface area contributed by atoms with Crippen molar-refractivity contribution < 1.29 is 10.0 Å². The van der Waals surface area contributed by atoms with Crippen LogP contribution in [0.25, 0.3) is 0 Å². The lowest BCUT2D eigenvalue weighted by Gasteiger charge is -2.01. The SMILES string of the molecule is O=[N+]([O-])c1cc(Br)cc(C=Nc2cccc(Br)c2)c1O. The summed E-state index contributed by atoms with van der Waals surface area (Å²) in [7, 11) is 0. The Labute approximate surface area is 131 Å². The number of aromatic hydroxyl groups is 1. The largest absolute Gasteiger partial charge is 0.502 e. The second-order valence-corrected chi connectivity index (χ2v) is 5.69. The number of halogens is 2. The summed E-state index contributed by atoms with van der Waals surface area (Å²) in [6, 6.07) is 10.1. The van der Waals surface area contributed by atoms with Crippen molar-refractivity contribution in [1.29, 1.82) is 0 Å².